The number of carbonyl (C=O) groups excluding carboxylic acids is 2. The van der Waals surface area contributed by atoms with Crippen LogP contribution in [0.2, 0.25) is 0 Å². The Bertz CT molecular complexity index is 1050. The molecule has 0 atom stereocenters. The Hall–Kier alpha value is -2.98. The molecule has 0 spiro atoms. The molecule has 0 saturated carbocycles. The van der Waals surface area contributed by atoms with Crippen LogP contribution in [0.25, 0.3) is 0 Å². The quantitative estimate of drug-likeness (QED) is 0.691. The van der Waals surface area contributed by atoms with Gasteiger partial charge in [0.2, 0.25) is 15.9 Å². The molecular weight excluding hydrogens is 425 g/mol. The number of benzene rings is 2. The summed E-state index contributed by atoms with van der Waals surface area (Å²) in [7, 11) is -2.48. The van der Waals surface area contributed by atoms with E-state index in [-0.39, 0.29) is 55.9 Å². The first-order valence-corrected chi connectivity index (χ1v) is 11.2. The number of nitrogens with one attached hydrogen (secondary N) is 1. The Balaban J connectivity index is 1.49. The van der Waals surface area contributed by atoms with Crippen molar-refractivity contribution in [1.29, 1.82) is 0 Å². The zero-order chi connectivity index (χ0) is 22.4. The monoisotopic (exact) mass is 449 g/mol. The summed E-state index contributed by atoms with van der Waals surface area (Å²) in [6, 6.07) is 12.0. The topological polar surface area (TPSA) is 96.0 Å². The van der Waals surface area contributed by atoms with Crippen molar-refractivity contribution in [2.24, 2.45) is 0 Å². The molecule has 2 aromatic rings. The Morgan fingerprint density at radius 3 is 2.35 bits per heavy atom. The van der Waals surface area contributed by atoms with Crippen molar-refractivity contribution in [3.63, 3.8) is 0 Å². The van der Waals surface area contributed by atoms with E-state index in [4.69, 9.17) is 4.74 Å². The van der Waals surface area contributed by atoms with E-state index in [1.165, 1.54) is 29.6 Å². The summed E-state index contributed by atoms with van der Waals surface area (Å²) in [5.41, 5.74) is 0.379. The predicted octanol–water partition coefficient (Wildman–Crippen LogP) is 1.49. The summed E-state index contributed by atoms with van der Waals surface area (Å²) >= 11 is 0. The van der Waals surface area contributed by atoms with Crippen LogP contribution in [0.5, 0.6) is 5.75 Å². The lowest BCUT2D eigenvalue weighted by Crippen LogP contribution is -2.51. The van der Waals surface area contributed by atoms with Crippen LogP contribution in [0.15, 0.2) is 53.4 Å². The van der Waals surface area contributed by atoms with E-state index in [0.29, 0.717) is 11.3 Å². The van der Waals surface area contributed by atoms with Crippen molar-refractivity contribution in [3.05, 3.63) is 59.9 Å². The average Bonchev–Trinajstić information content (AvgIpc) is 2.79. The van der Waals surface area contributed by atoms with Crippen LogP contribution in [0.1, 0.15) is 16.8 Å². The molecule has 1 saturated heterocycles. The summed E-state index contributed by atoms with van der Waals surface area (Å²) < 4.78 is 45.5. The van der Waals surface area contributed by atoms with Gasteiger partial charge in [0.1, 0.15) is 16.5 Å². The molecule has 1 N–H and O–H groups in total. The average molecular weight is 450 g/mol. The molecule has 1 aliphatic heterocycles. The van der Waals surface area contributed by atoms with Gasteiger partial charge in [-0.2, -0.15) is 4.31 Å². The number of halogens is 1. The Kier molecular flexibility index (Phi) is 7.24. The molecule has 3 rings (SSSR count). The van der Waals surface area contributed by atoms with Gasteiger partial charge >= 0.3 is 0 Å². The van der Waals surface area contributed by atoms with Crippen molar-refractivity contribution >= 4 is 21.8 Å². The van der Waals surface area contributed by atoms with Crippen LogP contribution in [0.4, 0.5) is 4.39 Å². The van der Waals surface area contributed by atoms with Crippen LogP contribution in [-0.2, 0) is 14.8 Å². The van der Waals surface area contributed by atoms with E-state index in [0.717, 1.165) is 6.07 Å². The minimum absolute atomic E-state index is 0.0793. The van der Waals surface area contributed by atoms with Crippen LogP contribution in [0.3, 0.4) is 0 Å². The molecule has 1 heterocycles. The van der Waals surface area contributed by atoms with Crippen molar-refractivity contribution in [2.75, 3.05) is 39.8 Å². The molecule has 2 amide bonds. The van der Waals surface area contributed by atoms with Gasteiger partial charge in [0, 0.05) is 39.1 Å². The largest absolute Gasteiger partial charge is 0.496 e. The number of ether oxygens (including phenoxy) is 1. The minimum Gasteiger partial charge on any atom is -0.496 e. The molecule has 31 heavy (non-hydrogen) atoms. The number of hydrogen-bond donors (Lipinski definition) is 1. The molecule has 0 bridgehead atoms. The van der Waals surface area contributed by atoms with Gasteiger partial charge in [-0.3, -0.25) is 9.59 Å². The van der Waals surface area contributed by atoms with E-state index < -0.39 is 15.8 Å². The Morgan fingerprint density at radius 2 is 1.68 bits per heavy atom. The third-order valence-corrected chi connectivity index (χ3v) is 6.95. The number of rotatable bonds is 7. The molecule has 8 nitrogen and oxygen atoms in total. The minimum atomic E-state index is -3.96. The zero-order valence-electron chi connectivity index (χ0n) is 17.1. The number of amides is 2. The normalized spacial score (nSPS) is 14.8. The second kappa shape index (κ2) is 9.88. The van der Waals surface area contributed by atoms with Crippen molar-refractivity contribution in [1.82, 2.24) is 14.5 Å². The number of nitrogens with zero attached hydrogens (tertiary/aromatic N) is 2. The van der Waals surface area contributed by atoms with Crippen molar-refractivity contribution in [2.45, 2.75) is 11.3 Å². The predicted molar refractivity (Wildman–Crippen MR) is 112 cm³/mol. The first-order chi connectivity index (χ1) is 14.8. The maximum atomic E-state index is 13.9. The summed E-state index contributed by atoms with van der Waals surface area (Å²) in [5, 5.41) is 2.69. The Morgan fingerprint density at radius 1 is 1.03 bits per heavy atom. The molecule has 0 aromatic heterocycles. The van der Waals surface area contributed by atoms with Gasteiger partial charge in [-0.05, 0) is 24.3 Å². The van der Waals surface area contributed by atoms with E-state index in [1.54, 1.807) is 29.2 Å². The fraction of sp³-hybridized carbons (Fsp3) is 0.333. The second-order valence-electron chi connectivity index (χ2n) is 6.92. The summed E-state index contributed by atoms with van der Waals surface area (Å²) in [6.45, 7) is 0.704. The van der Waals surface area contributed by atoms with Gasteiger partial charge < -0.3 is 15.0 Å². The zero-order valence-corrected chi connectivity index (χ0v) is 17.9. The number of piperazine rings is 1. The van der Waals surface area contributed by atoms with E-state index in [1.807, 2.05) is 0 Å². The number of methoxy groups -OCH3 is 1. The van der Waals surface area contributed by atoms with Crippen LogP contribution >= 0.6 is 0 Å². The van der Waals surface area contributed by atoms with Crippen LogP contribution in [0, 0.1) is 5.82 Å². The van der Waals surface area contributed by atoms with Gasteiger partial charge in [0.05, 0.1) is 12.7 Å². The smallest absolute Gasteiger partial charge is 0.255 e. The third-order valence-electron chi connectivity index (χ3n) is 5.02. The molecular formula is C21H24FN3O5S. The lowest BCUT2D eigenvalue weighted by molar-refractivity contribution is -0.132. The number of hydrogen-bond acceptors (Lipinski definition) is 5. The van der Waals surface area contributed by atoms with Gasteiger partial charge in [-0.15, -0.1) is 0 Å². The SMILES string of the molecule is COc1ccccc1C(=O)NCCC(=O)N1CCN(S(=O)(=O)c2ccccc2F)CC1. The molecule has 0 radical (unpaired) electrons. The second-order valence-corrected chi connectivity index (χ2v) is 8.83. The highest BCUT2D eigenvalue weighted by Gasteiger charge is 2.31. The molecule has 166 valence electrons. The number of para-hydroxylation sites is 1. The maximum absolute atomic E-state index is 13.9. The summed E-state index contributed by atoms with van der Waals surface area (Å²) in [4.78, 5) is 25.9. The fourth-order valence-electron chi connectivity index (χ4n) is 3.34. The van der Waals surface area contributed by atoms with Gasteiger partial charge in [0.15, 0.2) is 0 Å². The van der Waals surface area contributed by atoms with E-state index in [2.05, 4.69) is 5.32 Å². The molecule has 2 aromatic carbocycles. The lowest BCUT2D eigenvalue weighted by atomic mass is 10.2. The summed E-state index contributed by atoms with van der Waals surface area (Å²) in [5.74, 6) is -0.889. The molecule has 0 unspecified atom stereocenters. The van der Waals surface area contributed by atoms with Crippen LogP contribution in [-0.4, -0.2) is 69.3 Å². The number of carbonyl (C=O) groups is 2. The molecule has 0 aliphatic carbocycles. The van der Waals surface area contributed by atoms with Crippen molar-refractivity contribution in [3.8, 4) is 5.75 Å². The van der Waals surface area contributed by atoms with Gasteiger partial charge in [0.25, 0.3) is 5.91 Å². The standard InChI is InChI=1S/C21H24FN3O5S/c1-30-18-8-4-2-6-16(18)21(27)23-11-10-20(26)24-12-14-25(15-13-24)31(28,29)19-9-5-3-7-17(19)22/h2-9H,10-15H2,1H3,(H,23,27). The fourth-order valence-corrected chi connectivity index (χ4v) is 4.83. The molecule has 1 fully saturated rings. The van der Waals surface area contributed by atoms with E-state index >= 15 is 0 Å². The maximum Gasteiger partial charge on any atom is 0.255 e. The van der Waals surface area contributed by atoms with Crippen LogP contribution < -0.4 is 10.1 Å². The molecule has 1 aliphatic rings. The molecule has 10 heteroatoms. The van der Waals surface area contributed by atoms with Crippen molar-refractivity contribution < 1.29 is 27.1 Å². The highest BCUT2D eigenvalue weighted by atomic mass is 32.2. The highest BCUT2D eigenvalue weighted by molar-refractivity contribution is 7.89. The first-order valence-electron chi connectivity index (χ1n) is 9.78. The number of sulfonamides is 1. The van der Waals surface area contributed by atoms with E-state index in [9.17, 15) is 22.4 Å². The summed E-state index contributed by atoms with van der Waals surface area (Å²) in [6.07, 6.45) is 0.0843. The Labute approximate surface area is 180 Å². The third kappa shape index (κ3) is 5.20. The van der Waals surface area contributed by atoms with Gasteiger partial charge in [-0.25, -0.2) is 12.8 Å². The first kappa shape index (κ1) is 22.7. The lowest BCUT2D eigenvalue weighted by Gasteiger charge is -2.34. The van der Waals surface area contributed by atoms with Gasteiger partial charge in [-0.1, -0.05) is 24.3 Å². The highest BCUT2D eigenvalue weighted by Crippen LogP contribution is 2.20.